The zero-order chi connectivity index (χ0) is 37.6. The molecule has 0 aliphatic carbocycles. The van der Waals surface area contributed by atoms with Gasteiger partial charge in [0, 0.05) is 42.2 Å². The number of ketones is 1. The van der Waals surface area contributed by atoms with E-state index in [1.165, 1.54) is 54.8 Å². The molecule has 0 bridgehead atoms. The predicted octanol–water partition coefficient (Wildman–Crippen LogP) is 7.54. The topological polar surface area (TPSA) is 117 Å². The molecular formula is C38H42F3N3O6S2. The highest BCUT2D eigenvalue weighted by Crippen LogP contribution is 2.36. The molecule has 3 atom stereocenters. The fourth-order valence-corrected chi connectivity index (χ4v) is 7.92. The number of carbonyl (C=O) groups is 2. The van der Waals surface area contributed by atoms with Gasteiger partial charge in [-0.05, 0) is 92.8 Å². The molecule has 2 heterocycles. The maximum atomic E-state index is 14.1. The van der Waals surface area contributed by atoms with Gasteiger partial charge in [0.05, 0.1) is 24.1 Å². The number of carbonyl (C=O) groups excluding carboxylic acids is 2. The summed E-state index contributed by atoms with van der Waals surface area (Å²) in [4.78, 5) is 34.5. The largest absolute Gasteiger partial charge is 0.573 e. The molecule has 1 saturated heterocycles. The highest BCUT2D eigenvalue weighted by atomic mass is 32.2. The van der Waals surface area contributed by atoms with Gasteiger partial charge in [0.2, 0.25) is 10.0 Å². The second-order valence-electron chi connectivity index (χ2n) is 13.2. The van der Waals surface area contributed by atoms with Crippen molar-refractivity contribution in [2.75, 3.05) is 24.2 Å². The minimum absolute atomic E-state index is 0.102. The number of aliphatic hydroxyl groups excluding tert-OH is 1. The molecule has 1 aliphatic heterocycles. The Morgan fingerprint density at radius 2 is 1.77 bits per heavy atom. The molecule has 0 unspecified atom stereocenters. The number of anilines is 1. The molecule has 4 aromatic rings. The van der Waals surface area contributed by atoms with E-state index in [4.69, 9.17) is 0 Å². The van der Waals surface area contributed by atoms with Crippen molar-refractivity contribution in [2.45, 2.75) is 70.4 Å². The number of Topliss-reactive ketones (excluding diaryl/α,β-unsaturated/α-hetero) is 1. The van der Waals surface area contributed by atoms with Gasteiger partial charge in [-0.15, -0.1) is 24.5 Å². The first-order valence-corrected chi connectivity index (χ1v) is 19.7. The summed E-state index contributed by atoms with van der Waals surface area (Å²) in [6.07, 6.45) is -1.88. The smallest absolute Gasteiger partial charge is 0.406 e. The minimum atomic E-state index is -4.81. The zero-order valence-corrected chi connectivity index (χ0v) is 30.8. The van der Waals surface area contributed by atoms with Crippen molar-refractivity contribution < 1.29 is 41.0 Å². The van der Waals surface area contributed by atoms with Gasteiger partial charge in [-0.3, -0.25) is 13.9 Å². The summed E-state index contributed by atoms with van der Waals surface area (Å²) in [5.74, 6) is -1.58. The molecule has 1 N–H and O–H groups in total. The highest BCUT2D eigenvalue weighted by Gasteiger charge is 2.34. The van der Waals surface area contributed by atoms with Crippen LogP contribution in [0.2, 0.25) is 0 Å². The molecular weight excluding hydrogens is 716 g/mol. The number of nitrogens with zero attached hydrogens (tertiary/aromatic N) is 3. The number of sulfonamides is 1. The van der Waals surface area contributed by atoms with Crippen molar-refractivity contribution in [2.24, 2.45) is 5.92 Å². The van der Waals surface area contributed by atoms with Crippen molar-refractivity contribution >= 4 is 38.7 Å². The Kier molecular flexibility index (Phi) is 12.4. The second-order valence-corrected chi connectivity index (χ2v) is 16.1. The van der Waals surface area contributed by atoms with Gasteiger partial charge in [-0.2, -0.15) is 0 Å². The number of rotatable bonds is 15. The predicted molar refractivity (Wildman–Crippen MR) is 194 cm³/mol. The van der Waals surface area contributed by atoms with Crippen molar-refractivity contribution in [3.63, 3.8) is 0 Å². The highest BCUT2D eigenvalue weighted by molar-refractivity contribution is 7.92. The lowest BCUT2D eigenvalue weighted by Crippen LogP contribution is -2.31. The second kappa shape index (κ2) is 16.6. The van der Waals surface area contributed by atoms with Crippen LogP contribution in [0.1, 0.15) is 80.7 Å². The molecule has 1 fully saturated rings. The molecule has 0 saturated carbocycles. The molecule has 9 nitrogen and oxygen atoms in total. The monoisotopic (exact) mass is 757 g/mol. The maximum absolute atomic E-state index is 14.1. The zero-order valence-electron chi connectivity index (χ0n) is 29.2. The molecule has 1 aliphatic rings. The summed E-state index contributed by atoms with van der Waals surface area (Å²) in [6.45, 7) is 2.38. The summed E-state index contributed by atoms with van der Waals surface area (Å²) in [6, 6.07) is 19.3. The van der Waals surface area contributed by atoms with Crippen molar-refractivity contribution in [1.29, 1.82) is 0 Å². The molecule has 0 spiro atoms. The van der Waals surface area contributed by atoms with Crippen LogP contribution in [0.5, 0.6) is 5.75 Å². The van der Waals surface area contributed by atoms with Gasteiger partial charge in [0.15, 0.2) is 5.78 Å². The van der Waals surface area contributed by atoms with Crippen LogP contribution in [0.4, 0.5) is 18.9 Å². The Morgan fingerprint density at radius 3 is 2.44 bits per heavy atom. The maximum Gasteiger partial charge on any atom is 0.573 e. The average molecular weight is 758 g/mol. The van der Waals surface area contributed by atoms with Gasteiger partial charge in [0.25, 0.3) is 5.91 Å². The van der Waals surface area contributed by atoms with E-state index in [-0.39, 0.29) is 53.1 Å². The van der Waals surface area contributed by atoms with Crippen LogP contribution in [0.25, 0.3) is 0 Å². The Morgan fingerprint density at radius 1 is 1.06 bits per heavy atom. The van der Waals surface area contributed by atoms with Gasteiger partial charge in [0.1, 0.15) is 10.8 Å². The number of ether oxygens (including phenoxy) is 1. The summed E-state index contributed by atoms with van der Waals surface area (Å²) in [5, 5.41) is 14.2. The number of hydrogen-bond acceptors (Lipinski definition) is 8. The first-order valence-electron chi connectivity index (χ1n) is 17.0. The normalized spacial score (nSPS) is 16.1. The molecule has 0 radical (unpaired) electrons. The number of aromatic nitrogens is 1. The van der Waals surface area contributed by atoms with E-state index in [2.05, 4.69) is 9.72 Å². The van der Waals surface area contributed by atoms with E-state index in [0.717, 1.165) is 39.7 Å². The van der Waals surface area contributed by atoms with Crippen LogP contribution in [0.15, 0.2) is 78.2 Å². The van der Waals surface area contributed by atoms with E-state index < -0.39 is 28.4 Å². The van der Waals surface area contributed by atoms with Gasteiger partial charge < -0.3 is 14.7 Å². The Hall–Kier alpha value is -4.27. The summed E-state index contributed by atoms with van der Waals surface area (Å²) in [5.41, 5.74) is 2.85. The van der Waals surface area contributed by atoms with E-state index in [1.807, 2.05) is 42.6 Å². The van der Waals surface area contributed by atoms with E-state index in [9.17, 15) is 36.3 Å². The van der Waals surface area contributed by atoms with Crippen molar-refractivity contribution in [1.82, 2.24) is 9.88 Å². The van der Waals surface area contributed by atoms with Crippen LogP contribution in [0, 0.1) is 12.8 Å². The van der Waals surface area contributed by atoms with E-state index in [0.29, 0.717) is 31.4 Å². The number of aliphatic hydroxyl groups is 1. The van der Waals surface area contributed by atoms with Crippen LogP contribution in [-0.2, 0) is 22.9 Å². The molecule has 3 aromatic carbocycles. The van der Waals surface area contributed by atoms with Crippen molar-refractivity contribution in [3.05, 3.63) is 111 Å². The van der Waals surface area contributed by atoms with Crippen molar-refractivity contribution in [3.8, 4) is 5.75 Å². The number of halogens is 3. The lowest BCUT2D eigenvalue weighted by molar-refractivity contribution is -0.274. The first kappa shape index (κ1) is 38.9. The van der Waals surface area contributed by atoms with Crippen LogP contribution >= 0.6 is 11.3 Å². The number of hydrogen-bond donors (Lipinski definition) is 1. The van der Waals surface area contributed by atoms with Crippen LogP contribution in [-0.4, -0.2) is 67.4 Å². The van der Waals surface area contributed by atoms with Gasteiger partial charge in [-0.25, -0.2) is 13.4 Å². The number of amides is 1. The number of thiazole rings is 1. The standard InChI is InChI=1S/C38H42F3N3O6S2/c1-25-24-51-36(42-25)33-15-9-17-44(33)37(47)30-20-29(21-31(22-30)43(2)52(3,48)49)35(46)23-28(18-26-10-5-4-6-11-26)34(45)16-8-13-27-12-7-14-32(19-27)50-38(39,40)41/h4-7,10-12,14,19-22,24,28,33-34,45H,8-9,13,15-18,23H2,1-3H3/t28-,33-,34-/m1/s1. The lowest BCUT2D eigenvalue weighted by Gasteiger charge is -2.25. The Balaban J connectivity index is 1.38. The molecule has 1 aromatic heterocycles. The van der Waals surface area contributed by atoms with E-state index in [1.54, 1.807) is 11.0 Å². The third-order valence-corrected chi connectivity index (χ3v) is 11.5. The SMILES string of the molecule is Cc1csc([C@H]2CCCN2C(=O)c2cc(C(=O)C[C@@H](Cc3ccccc3)[C@H](O)CCCc3cccc(OC(F)(F)F)c3)cc(N(C)S(C)(=O)=O)c2)n1. The Bertz CT molecular complexity index is 1970. The fourth-order valence-electron chi connectivity index (χ4n) is 6.49. The summed E-state index contributed by atoms with van der Waals surface area (Å²) < 4.78 is 68.4. The molecule has 278 valence electrons. The minimum Gasteiger partial charge on any atom is -0.406 e. The molecule has 5 rings (SSSR count). The van der Waals surface area contributed by atoms with E-state index >= 15 is 0 Å². The number of benzene rings is 3. The summed E-state index contributed by atoms with van der Waals surface area (Å²) >= 11 is 1.48. The lowest BCUT2D eigenvalue weighted by atomic mass is 9.85. The third kappa shape index (κ3) is 10.4. The van der Waals surface area contributed by atoms with Crippen LogP contribution < -0.4 is 9.04 Å². The van der Waals surface area contributed by atoms with Gasteiger partial charge in [-0.1, -0.05) is 42.5 Å². The first-order chi connectivity index (χ1) is 24.6. The molecule has 52 heavy (non-hydrogen) atoms. The average Bonchev–Trinajstić information content (AvgIpc) is 3.75. The summed E-state index contributed by atoms with van der Waals surface area (Å²) in [7, 11) is -2.39. The van der Waals surface area contributed by atoms with Crippen LogP contribution in [0.3, 0.4) is 0 Å². The number of aryl methyl sites for hydroxylation is 2. The molecule has 14 heteroatoms. The Labute approximate surface area is 306 Å². The number of alkyl halides is 3. The fraction of sp³-hybridized carbons (Fsp3) is 0.395. The quantitative estimate of drug-likeness (QED) is 0.125. The number of likely N-dealkylation sites (tertiary alicyclic amines) is 1. The van der Waals surface area contributed by atoms with Gasteiger partial charge >= 0.3 is 6.36 Å². The molecule has 1 amide bonds. The third-order valence-electron chi connectivity index (χ3n) is 9.21.